The molecule has 0 unspecified atom stereocenters. The predicted octanol–water partition coefficient (Wildman–Crippen LogP) is 2.96. The second-order valence-corrected chi connectivity index (χ2v) is 4.95. The standard InChI is InChI=1S/C15H18N2O/c1-12(2)9-13-3-5-14(6-4-13)15(18)10-17-8-7-16-11-17/h3-8,11-12H,9-10H2,1-2H3. The fourth-order valence-electron chi connectivity index (χ4n) is 1.94. The Morgan fingerprint density at radius 1 is 1.28 bits per heavy atom. The normalized spacial score (nSPS) is 10.8. The van der Waals surface area contributed by atoms with Crippen LogP contribution in [0.5, 0.6) is 0 Å². The summed E-state index contributed by atoms with van der Waals surface area (Å²) < 4.78 is 1.78. The molecule has 0 aliphatic carbocycles. The number of Topliss-reactive ketones (excluding diaryl/α,β-unsaturated/α-hetero) is 1. The van der Waals surface area contributed by atoms with Gasteiger partial charge in [-0.15, -0.1) is 0 Å². The van der Waals surface area contributed by atoms with E-state index in [2.05, 4.69) is 18.8 Å². The summed E-state index contributed by atoms with van der Waals surface area (Å²) in [5.74, 6) is 0.751. The molecule has 0 bridgehead atoms. The fraction of sp³-hybridized carbons (Fsp3) is 0.333. The van der Waals surface area contributed by atoms with Crippen LogP contribution in [-0.2, 0) is 13.0 Å². The highest BCUT2D eigenvalue weighted by molar-refractivity contribution is 5.95. The SMILES string of the molecule is CC(C)Cc1ccc(C(=O)Cn2ccnc2)cc1. The quantitative estimate of drug-likeness (QED) is 0.755. The molecule has 1 aromatic carbocycles. The van der Waals surface area contributed by atoms with Crippen molar-refractivity contribution in [2.24, 2.45) is 5.92 Å². The molecule has 0 saturated carbocycles. The van der Waals surface area contributed by atoms with Gasteiger partial charge < -0.3 is 4.57 Å². The first-order chi connectivity index (χ1) is 8.65. The van der Waals surface area contributed by atoms with Crippen molar-refractivity contribution in [3.63, 3.8) is 0 Å². The van der Waals surface area contributed by atoms with Gasteiger partial charge in [-0.1, -0.05) is 38.1 Å². The van der Waals surface area contributed by atoms with Gasteiger partial charge in [0, 0.05) is 18.0 Å². The number of imidazole rings is 1. The molecule has 0 saturated heterocycles. The van der Waals surface area contributed by atoms with E-state index in [4.69, 9.17) is 0 Å². The third kappa shape index (κ3) is 3.29. The Balaban J connectivity index is 2.03. The summed E-state index contributed by atoms with van der Waals surface area (Å²) in [6, 6.07) is 7.91. The first kappa shape index (κ1) is 12.6. The molecule has 0 aliphatic rings. The van der Waals surface area contributed by atoms with E-state index in [1.54, 1.807) is 23.3 Å². The zero-order chi connectivity index (χ0) is 13.0. The summed E-state index contributed by atoms with van der Waals surface area (Å²) in [4.78, 5) is 15.9. The monoisotopic (exact) mass is 242 g/mol. The van der Waals surface area contributed by atoms with E-state index in [0.29, 0.717) is 12.5 Å². The van der Waals surface area contributed by atoms with Crippen LogP contribution in [0, 0.1) is 5.92 Å². The van der Waals surface area contributed by atoms with Gasteiger partial charge in [0.05, 0.1) is 12.9 Å². The van der Waals surface area contributed by atoms with Crippen LogP contribution in [0.15, 0.2) is 43.0 Å². The number of carbonyl (C=O) groups excluding carboxylic acids is 1. The number of ketones is 1. The third-order valence-corrected chi connectivity index (χ3v) is 2.81. The van der Waals surface area contributed by atoms with Gasteiger partial charge in [-0.25, -0.2) is 4.98 Å². The molecule has 2 rings (SSSR count). The number of hydrogen-bond acceptors (Lipinski definition) is 2. The molecule has 0 atom stereocenters. The van der Waals surface area contributed by atoms with Gasteiger partial charge in [0.15, 0.2) is 5.78 Å². The molecule has 2 aromatic rings. The molecule has 94 valence electrons. The van der Waals surface area contributed by atoms with Crippen molar-refractivity contribution in [2.45, 2.75) is 26.8 Å². The Bertz CT molecular complexity index is 498. The molecule has 0 N–H and O–H groups in total. The summed E-state index contributed by atoms with van der Waals surface area (Å²) in [7, 11) is 0. The van der Waals surface area contributed by atoms with Gasteiger partial charge in [-0.2, -0.15) is 0 Å². The largest absolute Gasteiger partial charge is 0.330 e. The highest BCUT2D eigenvalue weighted by Gasteiger charge is 2.06. The van der Waals surface area contributed by atoms with Gasteiger partial charge in [0.1, 0.15) is 0 Å². The summed E-state index contributed by atoms with van der Waals surface area (Å²) in [5.41, 5.74) is 2.04. The Kier molecular flexibility index (Phi) is 3.92. The average Bonchev–Trinajstić information content (AvgIpc) is 2.82. The smallest absolute Gasteiger partial charge is 0.182 e. The fourth-order valence-corrected chi connectivity index (χ4v) is 1.94. The second kappa shape index (κ2) is 5.63. The van der Waals surface area contributed by atoms with E-state index in [1.165, 1.54) is 5.56 Å². The average molecular weight is 242 g/mol. The molecule has 0 fully saturated rings. The summed E-state index contributed by atoms with van der Waals surface area (Å²) in [6.45, 7) is 4.74. The molecule has 3 heteroatoms. The van der Waals surface area contributed by atoms with E-state index < -0.39 is 0 Å². The van der Waals surface area contributed by atoms with Crippen LogP contribution in [0.2, 0.25) is 0 Å². The number of aromatic nitrogens is 2. The van der Waals surface area contributed by atoms with Gasteiger partial charge in [0.25, 0.3) is 0 Å². The predicted molar refractivity (Wildman–Crippen MR) is 71.5 cm³/mol. The first-order valence-electron chi connectivity index (χ1n) is 6.23. The minimum atomic E-state index is 0.115. The number of hydrogen-bond donors (Lipinski definition) is 0. The summed E-state index contributed by atoms with van der Waals surface area (Å²) in [5, 5.41) is 0. The van der Waals surface area contributed by atoms with Gasteiger partial charge in [-0.3, -0.25) is 4.79 Å². The van der Waals surface area contributed by atoms with Crippen molar-refractivity contribution < 1.29 is 4.79 Å². The van der Waals surface area contributed by atoms with Crippen LogP contribution in [0.4, 0.5) is 0 Å². The van der Waals surface area contributed by atoms with E-state index in [9.17, 15) is 4.79 Å². The number of rotatable bonds is 5. The highest BCUT2D eigenvalue weighted by atomic mass is 16.1. The lowest BCUT2D eigenvalue weighted by atomic mass is 10.0. The number of carbonyl (C=O) groups is 1. The Morgan fingerprint density at radius 3 is 2.56 bits per heavy atom. The van der Waals surface area contributed by atoms with Crippen molar-refractivity contribution in [1.29, 1.82) is 0 Å². The lowest BCUT2D eigenvalue weighted by Gasteiger charge is -2.06. The van der Waals surface area contributed by atoms with E-state index in [-0.39, 0.29) is 5.78 Å². The van der Waals surface area contributed by atoms with Gasteiger partial charge in [0.2, 0.25) is 0 Å². The maximum atomic E-state index is 12.0. The van der Waals surface area contributed by atoms with Crippen molar-refractivity contribution >= 4 is 5.78 Å². The number of benzene rings is 1. The van der Waals surface area contributed by atoms with Crippen molar-refractivity contribution in [1.82, 2.24) is 9.55 Å². The van der Waals surface area contributed by atoms with E-state index in [0.717, 1.165) is 12.0 Å². The van der Waals surface area contributed by atoms with Crippen molar-refractivity contribution in [3.05, 3.63) is 54.1 Å². The molecular formula is C15H18N2O. The van der Waals surface area contributed by atoms with Crippen LogP contribution < -0.4 is 0 Å². The molecule has 18 heavy (non-hydrogen) atoms. The molecule has 0 radical (unpaired) electrons. The van der Waals surface area contributed by atoms with Crippen LogP contribution in [0.3, 0.4) is 0 Å². The first-order valence-corrected chi connectivity index (χ1v) is 6.23. The molecule has 0 aliphatic heterocycles. The molecule has 0 spiro atoms. The Morgan fingerprint density at radius 2 is 2.00 bits per heavy atom. The molecular weight excluding hydrogens is 224 g/mol. The lowest BCUT2D eigenvalue weighted by molar-refractivity contribution is 0.0972. The van der Waals surface area contributed by atoms with Crippen LogP contribution in [-0.4, -0.2) is 15.3 Å². The topological polar surface area (TPSA) is 34.9 Å². The van der Waals surface area contributed by atoms with Crippen LogP contribution in [0.25, 0.3) is 0 Å². The van der Waals surface area contributed by atoms with Gasteiger partial charge >= 0.3 is 0 Å². The molecule has 1 aromatic heterocycles. The van der Waals surface area contributed by atoms with E-state index >= 15 is 0 Å². The van der Waals surface area contributed by atoms with Crippen LogP contribution in [0.1, 0.15) is 29.8 Å². The van der Waals surface area contributed by atoms with Crippen molar-refractivity contribution in [3.8, 4) is 0 Å². The summed E-state index contributed by atoms with van der Waals surface area (Å²) >= 11 is 0. The zero-order valence-electron chi connectivity index (χ0n) is 10.8. The van der Waals surface area contributed by atoms with Crippen LogP contribution >= 0.6 is 0 Å². The summed E-state index contributed by atoms with van der Waals surface area (Å²) in [6.07, 6.45) is 6.19. The highest BCUT2D eigenvalue weighted by Crippen LogP contribution is 2.10. The second-order valence-electron chi connectivity index (χ2n) is 4.95. The van der Waals surface area contributed by atoms with E-state index in [1.807, 2.05) is 24.3 Å². The van der Waals surface area contributed by atoms with Crippen molar-refractivity contribution in [2.75, 3.05) is 0 Å². The molecule has 0 amide bonds. The Hall–Kier alpha value is -1.90. The molecule has 1 heterocycles. The zero-order valence-corrected chi connectivity index (χ0v) is 10.8. The third-order valence-electron chi connectivity index (χ3n) is 2.81. The maximum absolute atomic E-state index is 12.0. The lowest BCUT2D eigenvalue weighted by Crippen LogP contribution is -2.09. The Labute approximate surface area is 107 Å². The number of nitrogens with zero attached hydrogens (tertiary/aromatic N) is 2. The molecule has 3 nitrogen and oxygen atoms in total. The maximum Gasteiger partial charge on any atom is 0.182 e. The minimum absolute atomic E-state index is 0.115. The minimum Gasteiger partial charge on any atom is -0.330 e. The van der Waals surface area contributed by atoms with Gasteiger partial charge in [-0.05, 0) is 17.9 Å².